The second-order valence-electron chi connectivity index (χ2n) is 4.85. The number of para-hydroxylation sites is 2. The third-order valence-corrected chi connectivity index (χ3v) is 3.53. The molecule has 0 aliphatic rings. The molecule has 0 atom stereocenters. The molecule has 1 amide bonds. The molecule has 0 aliphatic heterocycles. The molecular formula is C16H18N4O. The highest BCUT2D eigenvalue weighted by Gasteiger charge is 2.10. The van der Waals surface area contributed by atoms with E-state index >= 15 is 0 Å². The van der Waals surface area contributed by atoms with E-state index in [9.17, 15) is 4.79 Å². The van der Waals surface area contributed by atoms with Gasteiger partial charge in [0.15, 0.2) is 0 Å². The molecule has 3 rings (SSSR count). The lowest BCUT2D eigenvalue weighted by Gasteiger charge is -2.07. The summed E-state index contributed by atoms with van der Waals surface area (Å²) in [5, 5.41) is 2.91. The van der Waals surface area contributed by atoms with Gasteiger partial charge in [-0.25, -0.2) is 4.98 Å². The van der Waals surface area contributed by atoms with E-state index in [2.05, 4.69) is 32.8 Å². The monoisotopic (exact) mass is 282 g/mol. The van der Waals surface area contributed by atoms with Gasteiger partial charge in [0, 0.05) is 25.7 Å². The number of hydrogen-bond acceptors (Lipinski definition) is 2. The molecule has 3 aromatic rings. The number of fused-ring (bicyclic) bond motifs is 1. The van der Waals surface area contributed by atoms with E-state index in [1.165, 1.54) is 0 Å². The first kappa shape index (κ1) is 13.4. The number of nitrogens with one attached hydrogen (secondary N) is 2. The van der Waals surface area contributed by atoms with E-state index in [0.29, 0.717) is 12.2 Å². The predicted molar refractivity (Wildman–Crippen MR) is 82.2 cm³/mol. The molecular weight excluding hydrogens is 264 g/mol. The van der Waals surface area contributed by atoms with Crippen LogP contribution in [0.5, 0.6) is 0 Å². The number of carbonyl (C=O) groups excluding carboxylic acids is 1. The lowest BCUT2D eigenvalue weighted by Crippen LogP contribution is -2.26. The van der Waals surface area contributed by atoms with Crippen LogP contribution in [0.1, 0.15) is 23.2 Å². The van der Waals surface area contributed by atoms with Gasteiger partial charge in [0.1, 0.15) is 11.5 Å². The van der Waals surface area contributed by atoms with Crippen LogP contribution >= 0.6 is 0 Å². The van der Waals surface area contributed by atoms with Gasteiger partial charge in [-0.05, 0) is 31.2 Å². The third kappa shape index (κ3) is 2.67. The van der Waals surface area contributed by atoms with Crippen molar-refractivity contribution in [3.05, 3.63) is 54.1 Å². The van der Waals surface area contributed by atoms with Crippen LogP contribution < -0.4 is 5.32 Å². The molecule has 2 heterocycles. The minimum Gasteiger partial charge on any atom is -0.357 e. The van der Waals surface area contributed by atoms with Gasteiger partial charge in [0.25, 0.3) is 5.91 Å². The average molecular weight is 282 g/mol. The molecule has 0 bridgehead atoms. The summed E-state index contributed by atoms with van der Waals surface area (Å²) in [6, 6.07) is 11.7. The quantitative estimate of drug-likeness (QED) is 0.754. The zero-order valence-electron chi connectivity index (χ0n) is 12.0. The number of aryl methyl sites for hydroxylation is 1. The van der Waals surface area contributed by atoms with Gasteiger partial charge in [-0.3, -0.25) is 4.79 Å². The Bertz CT molecular complexity index is 743. The van der Waals surface area contributed by atoms with Gasteiger partial charge in [0.05, 0.1) is 11.0 Å². The molecule has 2 N–H and O–H groups in total. The Morgan fingerprint density at radius 1 is 1.29 bits per heavy atom. The van der Waals surface area contributed by atoms with Crippen molar-refractivity contribution in [3.8, 4) is 0 Å². The number of H-pyrrole nitrogens is 1. The van der Waals surface area contributed by atoms with Crippen molar-refractivity contribution in [1.29, 1.82) is 0 Å². The molecule has 2 aromatic heterocycles. The number of hydrogen-bond donors (Lipinski definition) is 2. The molecule has 0 unspecified atom stereocenters. The SMILES string of the molecule is CCn1c(CCNC(=O)c2ccc[nH]2)nc2ccccc21. The van der Waals surface area contributed by atoms with Crippen molar-refractivity contribution < 1.29 is 4.79 Å². The van der Waals surface area contributed by atoms with Gasteiger partial charge in [-0.2, -0.15) is 0 Å². The number of carbonyl (C=O) groups is 1. The Labute approximate surface area is 123 Å². The predicted octanol–water partition coefficient (Wildman–Crippen LogP) is 2.36. The number of benzene rings is 1. The van der Waals surface area contributed by atoms with E-state index in [1.807, 2.05) is 24.3 Å². The van der Waals surface area contributed by atoms with Crippen LogP contribution in [0.2, 0.25) is 0 Å². The molecule has 0 aliphatic carbocycles. The standard InChI is InChI=1S/C16H18N4O/c1-2-20-14-8-4-3-6-12(14)19-15(20)9-11-18-16(21)13-7-5-10-17-13/h3-8,10,17H,2,9,11H2,1H3,(H,18,21). The number of aromatic nitrogens is 3. The Hall–Kier alpha value is -2.56. The van der Waals surface area contributed by atoms with Crippen LogP contribution in [-0.4, -0.2) is 27.0 Å². The van der Waals surface area contributed by atoms with Gasteiger partial charge >= 0.3 is 0 Å². The summed E-state index contributed by atoms with van der Waals surface area (Å²) in [5.74, 6) is 0.921. The molecule has 108 valence electrons. The summed E-state index contributed by atoms with van der Waals surface area (Å²) in [7, 11) is 0. The van der Waals surface area contributed by atoms with Crippen LogP contribution in [0.15, 0.2) is 42.6 Å². The van der Waals surface area contributed by atoms with Crippen molar-refractivity contribution >= 4 is 16.9 Å². The van der Waals surface area contributed by atoms with Crippen molar-refractivity contribution in [2.75, 3.05) is 6.54 Å². The molecule has 5 nitrogen and oxygen atoms in total. The van der Waals surface area contributed by atoms with E-state index < -0.39 is 0 Å². The van der Waals surface area contributed by atoms with E-state index in [0.717, 1.165) is 29.8 Å². The fraction of sp³-hybridized carbons (Fsp3) is 0.250. The smallest absolute Gasteiger partial charge is 0.267 e. The molecule has 0 saturated heterocycles. The first-order valence-corrected chi connectivity index (χ1v) is 7.15. The molecule has 21 heavy (non-hydrogen) atoms. The average Bonchev–Trinajstić information content (AvgIpc) is 3.14. The second kappa shape index (κ2) is 5.83. The number of amides is 1. The molecule has 5 heteroatoms. The topological polar surface area (TPSA) is 62.7 Å². The van der Waals surface area contributed by atoms with Gasteiger partial charge in [0.2, 0.25) is 0 Å². The minimum atomic E-state index is -0.0841. The Kier molecular flexibility index (Phi) is 3.73. The van der Waals surface area contributed by atoms with Gasteiger partial charge in [-0.15, -0.1) is 0 Å². The van der Waals surface area contributed by atoms with Crippen LogP contribution in [-0.2, 0) is 13.0 Å². The highest BCUT2D eigenvalue weighted by molar-refractivity contribution is 5.92. The van der Waals surface area contributed by atoms with E-state index in [-0.39, 0.29) is 5.91 Å². The minimum absolute atomic E-state index is 0.0841. The van der Waals surface area contributed by atoms with Gasteiger partial charge < -0.3 is 14.9 Å². The fourth-order valence-corrected chi connectivity index (χ4v) is 2.52. The van der Waals surface area contributed by atoms with Crippen molar-refractivity contribution in [2.45, 2.75) is 19.9 Å². The fourth-order valence-electron chi connectivity index (χ4n) is 2.52. The Balaban J connectivity index is 1.69. The van der Waals surface area contributed by atoms with E-state index in [4.69, 9.17) is 0 Å². The first-order valence-electron chi connectivity index (χ1n) is 7.15. The molecule has 0 radical (unpaired) electrons. The maximum absolute atomic E-state index is 11.9. The highest BCUT2D eigenvalue weighted by atomic mass is 16.1. The van der Waals surface area contributed by atoms with Gasteiger partial charge in [-0.1, -0.05) is 12.1 Å². The van der Waals surface area contributed by atoms with Crippen molar-refractivity contribution in [2.24, 2.45) is 0 Å². The highest BCUT2D eigenvalue weighted by Crippen LogP contribution is 2.16. The summed E-state index contributed by atoms with van der Waals surface area (Å²) in [6.07, 6.45) is 2.46. The summed E-state index contributed by atoms with van der Waals surface area (Å²) in [5.41, 5.74) is 2.73. The number of aromatic amines is 1. The molecule has 0 saturated carbocycles. The largest absolute Gasteiger partial charge is 0.357 e. The zero-order chi connectivity index (χ0) is 14.7. The maximum Gasteiger partial charge on any atom is 0.267 e. The van der Waals surface area contributed by atoms with Crippen LogP contribution in [0.4, 0.5) is 0 Å². The van der Waals surface area contributed by atoms with Crippen molar-refractivity contribution in [3.63, 3.8) is 0 Å². The normalized spacial score (nSPS) is 10.9. The summed E-state index contributed by atoms with van der Waals surface area (Å²) in [4.78, 5) is 19.4. The summed E-state index contributed by atoms with van der Waals surface area (Å²) in [6.45, 7) is 3.55. The lowest BCUT2D eigenvalue weighted by atomic mass is 10.3. The summed E-state index contributed by atoms with van der Waals surface area (Å²) < 4.78 is 2.19. The van der Waals surface area contributed by atoms with Crippen LogP contribution in [0.25, 0.3) is 11.0 Å². The Morgan fingerprint density at radius 2 is 2.14 bits per heavy atom. The van der Waals surface area contributed by atoms with Crippen LogP contribution in [0.3, 0.4) is 0 Å². The second-order valence-corrected chi connectivity index (χ2v) is 4.85. The van der Waals surface area contributed by atoms with Crippen molar-refractivity contribution in [1.82, 2.24) is 19.9 Å². The zero-order valence-corrected chi connectivity index (χ0v) is 12.0. The number of nitrogens with zero attached hydrogens (tertiary/aromatic N) is 2. The number of imidazole rings is 1. The number of rotatable bonds is 5. The first-order chi connectivity index (χ1) is 10.3. The third-order valence-electron chi connectivity index (χ3n) is 3.53. The van der Waals surface area contributed by atoms with E-state index in [1.54, 1.807) is 12.3 Å². The Morgan fingerprint density at radius 3 is 2.90 bits per heavy atom. The molecule has 0 spiro atoms. The maximum atomic E-state index is 11.9. The lowest BCUT2D eigenvalue weighted by molar-refractivity contribution is 0.0949. The molecule has 1 aromatic carbocycles. The van der Waals surface area contributed by atoms with Crippen LogP contribution in [0, 0.1) is 0 Å². The summed E-state index contributed by atoms with van der Waals surface area (Å²) >= 11 is 0. The molecule has 0 fully saturated rings.